The maximum atomic E-state index is 13.3. The number of nitrogens with zero attached hydrogens (tertiary/aromatic N) is 3. The van der Waals surface area contributed by atoms with Crippen molar-refractivity contribution in [1.82, 2.24) is 14.8 Å². The average molecular weight is 419 g/mol. The number of carbonyl (C=O) groups excluding carboxylic acids is 1. The topological polar surface area (TPSA) is 59.8 Å². The van der Waals surface area contributed by atoms with Crippen molar-refractivity contribution in [3.63, 3.8) is 0 Å². The zero-order chi connectivity index (χ0) is 21.0. The number of allylic oxidation sites excluding steroid dienone is 2. The largest absolute Gasteiger partial charge is 0.328 e. The second-order valence-corrected chi connectivity index (χ2v) is 10.3. The van der Waals surface area contributed by atoms with E-state index < -0.39 is 0 Å². The quantitative estimate of drug-likeness (QED) is 0.585. The summed E-state index contributed by atoms with van der Waals surface area (Å²) in [5.74, 6) is 2.07. The second-order valence-electron chi connectivity index (χ2n) is 9.36. The molecule has 3 aromatic rings. The SMILES string of the molecule is CC(C)c1ccc(C2C3=C(CC(C)(C)CC3=O)Nc3nc(-c4cccs4)nn32)cc1. The third-order valence-corrected chi connectivity index (χ3v) is 6.86. The molecule has 0 radical (unpaired) electrons. The van der Waals surface area contributed by atoms with Gasteiger partial charge >= 0.3 is 0 Å². The monoisotopic (exact) mass is 418 g/mol. The van der Waals surface area contributed by atoms with Gasteiger partial charge < -0.3 is 5.32 Å². The van der Waals surface area contributed by atoms with Gasteiger partial charge in [-0.2, -0.15) is 4.98 Å². The van der Waals surface area contributed by atoms with Crippen LogP contribution >= 0.6 is 11.3 Å². The number of ketones is 1. The fourth-order valence-corrected chi connectivity index (χ4v) is 5.14. The zero-order valence-electron chi connectivity index (χ0n) is 17.8. The Morgan fingerprint density at radius 1 is 1.17 bits per heavy atom. The maximum absolute atomic E-state index is 13.3. The zero-order valence-corrected chi connectivity index (χ0v) is 18.6. The van der Waals surface area contributed by atoms with E-state index in [2.05, 4.69) is 57.3 Å². The molecule has 0 spiro atoms. The summed E-state index contributed by atoms with van der Waals surface area (Å²) in [6, 6.07) is 12.4. The Bertz CT molecular complexity index is 1140. The van der Waals surface area contributed by atoms with E-state index in [1.807, 2.05) is 22.2 Å². The van der Waals surface area contributed by atoms with Crippen LogP contribution in [0.1, 0.15) is 63.6 Å². The summed E-state index contributed by atoms with van der Waals surface area (Å²) in [6.45, 7) is 8.68. The number of aromatic nitrogens is 3. The molecule has 1 unspecified atom stereocenters. The van der Waals surface area contributed by atoms with Gasteiger partial charge in [0.15, 0.2) is 11.6 Å². The third kappa shape index (κ3) is 3.19. The molecule has 2 aromatic heterocycles. The highest BCUT2D eigenvalue weighted by Gasteiger charge is 2.41. The first-order valence-electron chi connectivity index (χ1n) is 10.5. The molecule has 0 saturated heterocycles. The number of hydrogen-bond donors (Lipinski definition) is 1. The van der Waals surface area contributed by atoms with E-state index >= 15 is 0 Å². The molecule has 30 heavy (non-hydrogen) atoms. The molecule has 1 aliphatic heterocycles. The number of hydrogen-bond acceptors (Lipinski definition) is 5. The van der Waals surface area contributed by atoms with E-state index in [-0.39, 0.29) is 17.2 Å². The minimum absolute atomic E-state index is 0.0618. The first kappa shape index (κ1) is 19.2. The first-order chi connectivity index (χ1) is 14.3. The van der Waals surface area contributed by atoms with E-state index in [0.29, 0.717) is 24.1 Å². The number of carbonyl (C=O) groups is 1. The predicted molar refractivity (Wildman–Crippen MR) is 121 cm³/mol. The summed E-state index contributed by atoms with van der Waals surface area (Å²) in [5.41, 5.74) is 4.13. The molecule has 1 aromatic carbocycles. The van der Waals surface area contributed by atoms with Crippen LogP contribution < -0.4 is 5.32 Å². The number of thiophene rings is 1. The van der Waals surface area contributed by atoms with Gasteiger partial charge in [-0.05, 0) is 40.3 Å². The number of benzene rings is 1. The lowest BCUT2D eigenvalue weighted by atomic mass is 9.73. The lowest BCUT2D eigenvalue weighted by Gasteiger charge is -2.38. The summed E-state index contributed by atoms with van der Waals surface area (Å²) < 4.78 is 1.90. The smallest absolute Gasteiger partial charge is 0.226 e. The van der Waals surface area contributed by atoms with Gasteiger partial charge in [0.05, 0.1) is 4.88 Å². The van der Waals surface area contributed by atoms with Crippen molar-refractivity contribution in [2.45, 2.75) is 52.5 Å². The van der Waals surface area contributed by atoms with Crippen molar-refractivity contribution in [1.29, 1.82) is 0 Å². The Morgan fingerprint density at radius 2 is 1.93 bits per heavy atom. The Kier molecular flexibility index (Phi) is 4.43. The molecule has 0 bridgehead atoms. The summed E-state index contributed by atoms with van der Waals surface area (Å²) in [7, 11) is 0. The molecular weight excluding hydrogens is 392 g/mol. The van der Waals surface area contributed by atoms with Crippen LogP contribution in [0.2, 0.25) is 0 Å². The molecule has 0 saturated carbocycles. The van der Waals surface area contributed by atoms with Crippen molar-refractivity contribution in [3.8, 4) is 10.7 Å². The van der Waals surface area contributed by atoms with Crippen LogP contribution in [0.25, 0.3) is 10.7 Å². The van der Waals surface area contributed by atoms with E-state index in [0.717, 1.165) is 28.1 Å². The lowest BCUT2D eigenvalue weighted by Crippen LogP contribution is -2.36. The highest BCUT2D eigenvalue weighted by atomic mass is 32.1. The van der Waals surface area contributed by atoms with Crippen molar-refractivity contribution in [2.75, 3.05) is 5.32 Å². The van der Waals surface area contributed by atoms with Crippen LogP contribution in [0, 0.1) is 5.41 Å². The summed E-state index contributed by atoms with van der Waals surface area (Å²) in [5, 5.41) is 10.3. The molecule has 1 aliphatic carbocycles. The number of nitrogens with one attached hydrogen (secondary N) is 1. The molecule has 5 rings (SSSR count). The fraction of sp³-hybridized carbons (Fsp3) is 0.375. The Balaban J connectivity index is 1.66. The molecule has 6 heteroatoms. The summed E-state index contributed by atoms with van der Waals surface area (Å²) >= 11 is 1.62. The summed E-state index contributed by atoms with van der Waals surface area (Å²) in [4.78, 5) is 19.1. The van der Waals surface area contributed by atoms with Crippen molar-refractivity contribution >= 4 is 23.1 Å². The van der Waals surface area contributed by atoms with Gasteiger partial charge in [-0.1, -0.05) is 58.0 Å². The number of Topliss-reactive ketones (excluding diaryl/α,β-unsaturated/α-hetero) is 1. The van der Waals surface area contributed by atoms with Crippen LogP contribution in [-0.2, 0) is 4.79 Å². The standard InChI is InChI=1S/C24H26N4OS/c1-14(2)15-7-9-16(10-8-15)21-20-17(12-24(3,4)13-18(20)29)25-23-26-22(27-28(21)23)19-6-5-11-30-19/h5-11,14,21H,12-13H2,1-4H3,(H,25,26,27). The minimum atomic E-state index is -0.248. The van der Waals surface area contributed by atoms with Crippen LogP contribution in [-0.4, -0.2) is 20.5 Å². The van der Waals surface area contributed by atoms with Crippen molar-refractivity contribution in [2.24, 2.45) is 5.41 Å². The van der Waals surface area contributed by atoms with Gasteiger partial charge in [0.1, 0.15) is 6.04 Å². The molecular formula is C24H26N4OS. The molecule has 0 fully saturated rings. The van der Waals surface area contributed by atoms with E-state index in [4.69, 9.17) is 10.1 Å². The van der Waals surface area contributed by atoms with Gasteiger partial charge in [0, 0.05) is 17.7 Å². The molecule has 154 valence electrons. The molecule has 1 N–H and O–H groups in total. The lowest BCUT2D eigenvalue weighted by molar-refractivity contribution is -0.118. The predicted octanol–water partition coefficient (Wildman–Crippen LogP) is 5.79. The number of fused-ring (bicyclic) bond motifs is 1. The Hall–Kier alpha value is -2.73. The van der Waals surface area contributed by atoms with Crippen LogP contribution in [0.4, 0.5) is 5.95 Å². The highest BCUT2D eigenvalue weighted by molar-refractivity contribution is 7.13. The van der Waals surface area contributed by atoms with Crippen LogP contribution in [0.3, 0.4) is 0 Å². The Labute approximate surface area is 180 Å². The van der Waals surface area contributed by atoms with Gasteiger partial charge in [-0.15, -0.1) is 16.4 Å². The summed E-state index contributed by atoms with van der Waals surface area (Å²) in [6.07, 6.45) is 1.38. The van der Waals surface area contributed by atoms with Crippen LogP contribution in [0.15, 0.2) is 53.0 Å². The number of anilines is 1. The van der Waals surface area contributed by atoms with Gasteiger partial charge in [0.25, 0.3) is 0 Å². The van der Waals surface area contributed by atoms with E-state index in [1.165, 1.54) is 5.56 Å². The highest BCUT2D eigenvalue weighted by Crippen LogP contribution is 2.45. The molecule has 3 heterocycles. The van der Waals surface area contributed by atoms with E-state index in [9.17, 15) is 4.79 Å². The van der Waals surface area contributed by atoms with Gasteiger partial charge in [-0.3, -0.25) is 4.79 Å². The third-order valence-electron chi connectivity index (χ3n) is 5.99. The average Bonchev–Trinajstić information content (AvgIpc) is 3.35. The van der Waals surface area contributed by atoms with Gasteiger partial charge in [0.2, 0.25) is 5.95 Å². The fourth-order valence-electron chi connectivity index (χ4n) is 4.49. The molecule has 2 aliphatic rings. The number of rotatable bonds is 3. The molecule has 1 atom stereocenters. The van der Waals surface area contributed by atoms with Crippen LogP contribution in [0.5, 0.6) is 0 Å². The maximum Gasteiger partial charge on any atom is 0.226 e. The van der Waals surface area contributed by atoms with E-state index in [1.54, 1.807) is 11.3 Å². The second kappa shape index (κ2) is 6.91. The first-order valence-corrected chi connectivity index (χ1v) is 11.3. The normalized spacial score (nSPS) is 20.2. The Morgan fingerprint density at radius 3 is 2.60 bits per heavy atom. The van der Waals surface area contributed by atoms with Gasteiger partial charge in [-0.25, -0.2) is 4.68 Å². The van der Waals surface area contributed by atoms with Crippen molar-refractivity contribution < 1.29 is 4.79 Å². The van der Waals surface area contributed by atoms with Crippen molar-refractivity contribution in [3.05, 3.63) is 64.2 Å². The minimum Gasteiger partial charge on any atom is -0.328 e. The molecule has 0 amide bonds. The molecule has 5 nitrogen and oxygen atoms in total.